The molecule has 4 rings (SSSR count). The fourth-order valence-electron chi connectivity index (χ4n) is 3.29. The number of pyridine rings is 1. The minimum Gasteiger partial charge on any atom is -0.494 e. The molecule has 0 aliphatic heterocycles. The van der Waals surface area contributed by atoms with Gasteiger partial charge in [-0.05, 0) is 37.0 Å². The van der Waals surface area contributed by atoms with Gasteiger partial charge in [0, 0.05) is 22.1 Å². The molecule has 1 aliphatic rings. The molecule has 0 unspecified atom stereocenters. The standard InChI is InChI=1S/C20H18F3IN4O2/c1-30-17-8-15-12(10-28(27-15)13-5-11(6-13)9-24)7-16(17)26-19(29)14-3-2-4-18(25-14)20(21,22)23/h2-4,7-8,10-11,13H,5-6,9H2,1H3,(H,26,29)/i13D. The van der Waals surface area contributed by atoms with E-state index in [1.165, 1.54) is 13.2 Å². The highest BCUT2D eigenvalue weighted by Gasteiger charge is 2.33. The normalized spacial score (nSPS) is 21.8. The van der Waals surface area contributed by atoms with E-state index in [2.05, 4.69) is 38.0 Å². The lowest BCUT2D eigenvalue weighted by Crippen LogP contribution is -2.27. The summed E-state index contributed by atoms with van der Waals surface area (Å²) in [5.41, 5.74) is -0.639. The van der Waals surface area contributed by atoms with Crippen LogP contribution in [0.2, 0.25) is 0 Å². The molecule has 1 N–H and O–H groups in total. The predicted octanol–water partition coefficient (Wildman–Crippen LogP) is 5.10. The van der Waals surface area contributed by atoms with Crippen LogP contribution in [-0.2, 0) is 6.18 Å². The Morgan fingerprint density at radius 2 is 2.17 bits per heavy atom. The first-order chi connectivity index (χ1) is 14.6. The van der Waals surface area contributed by atoms with Crippen molar-refractivity contribution in [3.63, 3.8) is 0 Å². The van der Waals surface area contributed by atoms with Crippen LogP contribution in [0.15, 0.2) is 36.5 Å². The molecule has 30 heavy (non-hydrogen) atoms. The molecule has 1 fully saturated rings. The van der Waals surface area contributed by atoms with Crippen LogP contribution < -0.4 is 10.1 Å². The molecule has 1 aromatic carbocycles. The Morgan fingerprint density at radius 3 is 2.83 bits per heavy atom. The highest BCUT2D eigenvalue weighted by atomic mass is 127. The highest BCUT2D eigenvalue weighted by molar-refractivity contribution is 14.1. The Bertz CT molecular complexity index is 1150. The quantitative estimate of drug-likeness (QED) is 0.368. The van der Waals surface area contributed by atoms with Crippen LogP contribution in [0.4, 0.5) is 18.9 Å². The van der Waals surface area contributed by atoms with E-state index in [4.69, 9.17) is 6.11 Å². The number of anilines is 1. The number of alkyl halides is 4. The van der Waals surface area contributed by atoms with Crippen LogP contribution in [0.5, 0.6) is 5.75 Å². The zero-order valence-electron chi connectivity index (χ0n) is 16.8. The van der Waals surface area contributed by atoms with Gasteiger partial charge in [0.05, 0.1) is 25.7 Å². The first-order valence-corrected chi connectivity index (χ1v) is 10.6. The number of methoxy groups -OCH3 is 1. The molecular formula is C20H18F3IN4O2. The molecule has 0 radical (unpaired) electrons. The fraction of sp³-hybridized carbons (Fsp3) is 0.350. The van der Waals surface area contributed by atoms with E-state index in [1.807, 2.05) is 0 Å². The first-order valence-electron chi connectivity index (χ1n) is 9.62. The van der Waals surface area contributed by atoms with Crippen molar-refractivity contribution < 1.29 is 24.1 Å². The lowest BCUT2D eigenvalue weighted by molar-refractivity contribution is -0.141. The molecule has 158 valence electrons. The average molecular weight is 531 g/mol. The number of halogens is 4. The van der Waals surface area contributed by atoms with E-state index in [0.29, 0.717) is 35.4 Å². The molecule has 2 aromatic heterocycles. The topological polar surface area (TPSA) is 69.0 Å². The van der Waals surface area contributed by atoms with Crippen LogP contribution in [-0.4, -0.2) is 32.2 Å². The van der Waals surface area contributed by atoms with E-state index in [0.717, 1.165) is 16.6 Å². The number of aromatic nitrogens is 3. The van der Waals surface area contributed by atoms with Crippen molar-refractivity contribution in [1.82, 2.24) is 14.8 Å². The summed E-state index contributed by atoms with van der Waals surface area (Å²) in [4.78, 5) is 15.9. The van der Waals surface area contributed by atoms with Crippen LogP contribution in [0.1, 0.15) is 36.4 Å². The summed E-state index contributed by atoms with van der Waals surface area (Å²) in [7, 11) is 1.42. The summed E-state index contributed by atoms with van der Waals surface area (Å²) in [6.07, 6.45) is -1.48. The van der Waals surface area contributed by atoms with Gasteiger partial charge in [0.2, 0.25) is 0 Å². The number of amides is 1. The molecule has 10 heteroatoms. The van der Waals surface area contributed by atoms with Gasteiger partial charge in [0.25, 0.3) is 5.91 Å². The zero-order chi connectivity index (χ0) is 22.4. The van der Waals surface area contributed by atoms with Crippen LogP contribution >= 0.6 is 22.6 Å². The van der Waals surface area contributed by atoms with Gasteiger partial charge in [-0.25, -0.2) is 4.98 Å². The van der Waals surface area contributed by atoms with E-state index in [1.54, 1.807) is 23.0 Å². The monoisotopic (exact) mass is 531 g/mol. The van der Waals surface area contributed by atoms with Gasteiger partial charge in [-0.15, -0.1) is 0 Å². The lowest BCUT2D eigenvalue weighted by Gasteiger charge is -2.34. The smallest absolute Gasteiger partial charge is 0.433 e. The van der Waals surface area contributed by atoms with Gasteiger partial charge in [-0.2, -0.15) is 18.3 Å². The summed E-state index contributed by atoms with van der Waals surface area (Å²) in [6.45, 7) is 0. The maximum absolute atomic E-state index is 12.9. The molecule has 0 spiro atoms. The van der Waals surface area contributed by atoms with Crippen molar-refractivity contribution in [2.24, 2.45) is 5.92 Å². The van der Waals surface area contributed by atoms with Gasteiger partial charge in [-0.3, -0.25) is 9.48 Å². The number of benzene rings is 1. The van der Waals surface area contributed by atoms with E-state index in [-0.39, 0.29) is 11.4 Å². The fourth-order valence-corrected chi connectivity index (χ4v) is 3.91. The van der Waals surface area contributed by atoms with Gasteiger partial charge < -0.3 is 10.1 Å². The van der Waals surface area contributed by atoms with Crippen LogP contribution in [0.3, 0.4) is 0 Å². The van der Waals surface area contributed by atoms with E-state index in [9.17, 15) is 18.0 Å². The van der Waals surface area contributed by atoms with Gasteiger partial charge in [0.15, 0.2) is 0 Å². The Hall–Kier alpha value is -2.37. The summed E-state index contributed by atoms with van der Waals surface area (Å²) >= 11 is 2.31. The molecule has 6 nitrogen and oxygen atoms in total. The molecule has 3 aromatic rings. The maximum atomic E-state index is 12.9. The number of nitrogens with zero attached hydrogens (tertiary/aromatic N) is 3. The number of hydrogen-bond donors (Lipinski definition) is 1. The van der Waals surface area contributed by atoms with Crippen molar-refractivity contribution in [3.05, 3.63) is 47.9 Å². The zero-order valence-corrected chi connectivity index (χ0v) is 18.0. The second kappa shape index (κ2) is 8.05. The second-order valence-electron chi connectivity index (χ2n) is 7.04. The van der Waals surface area contributed by atoms with Crippen molar-refractivity contribution in [3.8, 4) is 5.75 Å². The van der Waals surface area contributed by atoms with E-state index < -0.39 is 23.8 Å². The van der Waals surface area contributed by atoms with Crippen molar-refractivity contribution in [2.45, 2.75) is 25.0 Å². The average Bonchev–Trinajstić information content (AvgIpc) is 3.13. The molecule has 0 bridgehead atoms. The lowest BCUT2D eigenvalue weighted by atomic mass is 9.82. The Balaban J connectivity index is 1.62. The van der Waals surface area contributed by atoms with Crippen molar-refractivity contribution >= 4 is 45.1 Å². The third-order valence-corrected chi connectivity index (χ3v) is 6.18. The molecule has 1 aliphatic carbocycles. The number of nitrogens with one attached hydrogen (secondary N) is 1. The predicted molar refractivity (Wildman–Crippen MR) is 114 cm³/mol. The number of fused-ring (bicyclic) bond motifs is 1. The van der Waals surface area contributed by atoms with Crippen LogP contribution in [0, 0.1) is 5.92 Å². The number of ether oxygens (including phenoxy) is 1. The van der Waals surface area contributed by atoms with Crippen LogP contribution in [0.25, 0.3) is 10.9 Å². The minimum absolute atomic E-state index is 0.275. The Labute approximate surface area is 185 Å². The maximum Gasteiger partial charge on any atom is 0.433 e. The Kier molecular flexibility index (Phi) is 5.25. The number of carbonyl (C=O) groups excluding carboxylic acids is 1. The SMILES string of the molecule is [2H]C1(n2cc3cc(NC(=O)c4cccc(C(F)(F)F)n4)c(OC)cc3n2)CC(CI)C1. The molecule has 2 heterocycles. The molecule has 1 saturated carbocycles. The number of rotatable bonds is 5. The summed E-state index contributed by atoms with van der Waals surface area (Å²) in [6, 6.07) is 5.59. The third kappa shape index (κ3) is 4.09. The highest BCUT2D eigenvalue weighted by Crippen LogP contribution is 2.40. The summed E-state index contributed by atoms with van der Waals surface area (Å²) < 4.78 is 55.2. The number of hydrogen-bond acceptors (Lipinski definition) is 4. The van der Waals surface area contributed by atoms with Crippen molar-refractivity contribution in [1.29, 1.82) is 0 Å². The third-order valence-electron chi connectivity index (χ3n) is 4.94. The molecular weight excluding hydrogens is 512 g/mol. The van der Waals surface area contributed by atoms with Gasteiger partial charge in [-0.1, -0.05) is 28.7 Å². The largest absolute Gasteiger partial charge is 0.494 e. The minimum atomic E-state index is -4.65. The molecule has 0 atom stereocenters. The summed E-state index contributed by atoms with van der Waals surface area (Å²) in [5, 5.41) is 7.74. The summed E-state index contributed by atoms with van der Waals surface area (Å²) in [5.74, 6) is 0.00241. The molecule has 0 saturated heterocycles. The molecule has 1 amide bonds. The van der Waals surface area contributed by atoms with Crippen molar-refractivity contribution in [2.75, 3.05) is 16.9 Å². The van der Waals surface area contributed by atoms with Gasteiger partial charge in [0.1, 0.15) is 17.1 Å². The number of carbonyl (C=O) groups is 1. The van der Waals surface area contributed by atoms with E-state index >= 15 is 0 Å². The Morgan fingerprint density at radius 1 is 1.40 bits per heavy atom. The first kappa shape index (κ1) is 19.6. The van der Waals surface area contributed by atoms with Gasteiger partial charge >= 0.3 is 6.18 Å². The second-order valence-corrected chi connectivity index (χ2v) is 7.92.